The highest BCUT2D eigenvalue weighted by atomic mass is 19.1. The van der Waals surface area contributed by atoms with Crippen LogP contribution in [0.3, 0.4) is 0 Å². The molecule has 1 unspecified atom stereocenters. The highest BCUT2D eigenvalue weighted by molar-refractivity contribution is 5.96. The second-order valence-electron chi connectivity index (χ2n) is 7.38. The predicted molar refractivity (Wildman–Crippen MR) is 105 cm³/mol. The maximum atomic E-state index is 14.7. The van der Waals surface area contributed by atoms with Gasteiger partial charge in [-0.2, -0.15) is 0 Å². The zero-order valence-electron chi connectivity index (χ0n) is 15.7. The fourth-order valence-corrected chi connectivity index (χ4v) is 4.38. The number of amides is 1. The average Bonchev–Trinajstić information content (AvgIpc) is 2.88. The van der Waals surface area contributed by atoms with Gasteiger partial charge in [0.15, 0.2) is 11.4 Å². The summed E-state index contributed by atoms with van der Waals surface area (Å²) in [6, 6.07) is 10.2. The minimum Gasteiger partial charge on any atom is -0.502 e. The van der Waals surface area contributed by atoms with E-state index < -0.39 is 34.8 Å². The molecule has 0 spiro atoms. The summed E-state index contributed by atoms with van der Waals surface area (Å²) >= 11 is 0. The summed E-state index contributed by atoms with van der Waals surface area (Å²) in [5, 5.41) is 14.5. The first-order valence-electron chi connectivity index (χ1n) is 9.51. The lowest BCUT2D eigenvalue weighted by Crippen LogP contribution is -2.53. The van der Waals surface area contributed by atoms with Gasteiger partial charge in [0, 0.05) is 18.3 Å². The molecule has 5 rings (SSSR count). The summed E-state index contributed by atoms with van der Waals surface area (Å²) in [4.78, 5) is 24.3. The van der Waals surface area contributed by atoms with Crippen molar-refractivity contribution in [2.24, 2.45) is 0 Å². The van der Waals surface area contributed by atoms with Crippen LogP contribution >= 0.6 is 0 Å². The number of hydrogen-bond acceptors (Lipinski definition) is 4. The number of carbonyl (C=O) groups is 1. The third-order valence-corrected chi connectivity index (χ3v) is 5.73. The van der Waals surface area contributed by atoms with Crippen molar-refractivity contribution in [3.05, 3.63) is 98.5 Å². The fraction of sp³-hybridized carbons (Fsp3) is 0.182. The molecule has 0 saturated carbocycles. The van der Waals surface area contributed by atoms with Crippen molar-refractivity contribution < 1.29 is 18.7 Å². The molecule has 0 fully saturated rings. The summed E-state index contributed by atoms with van der Waals surface area (Å²) in [7, 11) is 0. The van der Waals surface area contributed by atoms with Crippen LogP contribution in [0.5, 0.6) is 5.75 Å². The van der Waals surface area contributed by atoms with Gasteiger partial charge in [-0.3, -0.25) is 19.3 Å². The lowest BCUT2D eigenvalue weighted by Gasteiger charge is -2.40. The molecule has 1 amide bonds. The number of halogens is 2. The zero-order chi connectivity index (χ0) is 21.0. The first-order valence-corrected chi connectivity index (χ1v) is 9.51. The third-order valence-electron chi connectivity index (χ3n) is 5.73. The quantitative estimate of drug-likeness (QED) is 0.647. The number of pyridine rings is 1. The largest absolute Gasteiger partial charge is 0.502 e. The Balaban J connectivity index is 1.80. The molecule has 0 saturated heterocycles. The smallest absolute Gasteiger partial charge is 0.275 e. The van der Waals surface area contributed by atoms with Crippen molar-refractivity contribution in [1.29, 1.82) is 0 Å². The van der Waals surface area contributed by atoms with E-state index in [1.54, 1.807) is 5.01 Å². The number of nitrogens with zero attached hydrogens (tertiary/aromatic N) is 2. The minimum absolute atomic E-state index is 0.0186. The van der Waals surface area contributed by atoms with E-state index in [-0.39, 0.29) is 12.4 Å². The molecule has 6 nitrogen and oxygen atoms in total. The summed E-state index contributed by atoms with van der Waals surface area (Å²) < 4.78 is 30.4. The van der Waals surface area contributed by atoms with Crippen molar-refractivity contribution in [2.75, 3.05) is 11.7 Å². The number of aromatic nitrogens is 1. The maximum absolute atomic E-state index is 14.7. The Morgan fingerprint density at radius 2 is 1.83 bits per heavy atom. The second-order valence-corrected chi connectivity index (χ2v) is 7.38. The fourth-order valence-electron chi connectivity index (χ4n) is 4.38. The van der Waals surface area contributed by atoms with E-state index in [9.17, 15) is 23.5 Å². The molecule has 1 aliphatic carbocycles. The summed E-state index contributed by atoms with van der Waals surface area (Å²) in [5.41, 5.74) is 1.76. The van der Waals surface area contributed by atoms with Gasteiger partial charge in [0.25, 0.3) is 5.91 Å². The van der Waals surface area contributed by atoms with E-state index in [1.165, 1.54) is 16.9 Å². The Morgan fingerprint density at radius 3 is 2.67 bits per heavy atom. The molecule has 1 aromatic heterocycles. The summed E-state index contributed by atoms with van der Waals surface area (Å²) in [6.45, 7) is 0.0186. The monoisotopic (exact) mass is 409 g/mol. The molecule has 2 aliphatic rings. The molecule has 30 heavy (non-hydrogen) atoms. The number of nitrogens with one attached hydrogen (secondary N) is 1. The number of aryl methyl sites for hydroxylation is 1. The van der Waals surface area contributed by atoms with Gasteiger partial charge in [-0.25, -0.2) is 8.78 Å². The van der Waals surface area contributed by atoms with Crippen LogP contribution in [-0.2, 0) is 12.8 Å². The van der Waals surface area contributed by atoms with Gasteiger partial charge in [0.2, 0.25) is 5.43 Å². The topological polar surface area (TPSA) is 74.6 Å². The number of hydrogen-bond donors (Lipinski definition) is 2. The standard InChI is InChI=1S/C22H17F2N3O3/c23-13-9-16-15(17(24)10-13)6-5-12-3-1-2-4-14(12)19(16)27-11-25-22(30)20-21(29)18(28)7-8-26(20)27/h1-4,7-10,19,29H,5-6,11H2,(H,25,30). The second kappa shape index (κ2) is 6.69. The lowest BCUT2D eigenvalue weighted by molar-refractivity contribution is 0.0915. The average molecular weight is 409 g/mol. The summed E-state index contributed by atoms with van der Waals surface area (Å²) in [5.74, 6) is -2.59. The number of carbonyl (C=O) groups excluding carboxylic acids is 1. The van der Waals surface area contributed by atoms with Crippen molar-refractivity contribution in [3.8, 4) is 5.75 Å². The van der Waals surface area contributed by atoms with Crippen LogP contribution in [-0.4, -0.2) is 22.4 Å². The molecule has 2 N–H and O–H groups in total. The maximum Gasteiger partial charge on any atom is 0.275 e. The highest BCUT2D eigenvalue weighted by Crippen LogP contribution is 2.38. The Bertz CT molecular complexity index is 1250. The first kappa shape index (κ1) is 18.4. The van der Waals surface area contributed by atoms with Crippen molar-refractivity contribution in [1.82, 2.24) is 9.99 Å². The van der Waals surface area contributed by atoms with Crippen LogP contribution in [0.4, 0.5) is 8.78 Å². The normalized spacial score (nSPS) is 17.5. The van der Waals surface area contributed by atoms with E-state index in [0.29, 0.717) is 24.0 Å². The van der Waals surface area contributed by atoms with Crippen molar-refractivity contribution in [3.63, 3.8) is 0 Å². The SMILES string of the molecule is O=C1NCN(C2c3ccccc3CCc3c(F)cc(F)cc32)n2ccc(=O)c(O)c21. The Morgan fingerprint density at radius 1 is 1.03 bits per heavy atom. The zero-order valence-corrected chi connectivity index (χ0v) is 15.7. The molecule has 0 bridgehead atoms. The van der Waals surface area contributed by atoms with Crippen LogP contribution < -0.4 is 15.8 Å². The molecule has 2 heterocycles. The third kappa shape index (κ3) is 2.67. The van der Waals surface area contributed by atoms with Gasteiger partial charge >= 0.3 is 0 Å². The molecule has 3 aromatic rings. The molecule has 152 valence electrons. The molecule has 2 aromatic carbocycles. The summed E-state index contributed by atoms with van der Waals surface area (Å²) in [6.07, 6.45) is 2.36. The molecular formula is C22H17F2N3O3. The van der Waals surface area contributed by atoms with Gasteiger partial charge in [0.05, 0.1) is 6.04 Å². The predicted octanol–water partition coefficient (Wildman–Crippen LogP) is 2.36. The lowest BCUT2D eigenvalue weighted by atomic mass is 9.93. The molecule has 1 aliphatic heterocycles. The Labute approximate surface area is 170 Å². The van der Waals surface area contributed by atoms with Crippen molar-refractivity contribution >= 4 is 5.91 Å². The Kier molecular flexibility index (Phi) is 4.09. The van der Waals surface area contributed by atoms with E-state index in [1.807, 2.05) is 24.3 Å². The highest BCUT2D eigenvalue weighted by Gasteiger charge is 2.35. The van der Waals surface area contributed by atoms with Crippen molar-refractivity contribution in [2.45, 2.75) is 18.9 Å². The van der Waals surface area contributed by atoms with Gasteiger partial charge in [-0.15, -0.1) is 0 Å². The van der Waals surface area contributed by atoms with Gasteiger partial charge in [-0.1, -0.05) is 24.3 Å². The molecule has 0 radical (unpaired) electrons. The first-order chi connectivity index (χ1) is 14.5. The van der Waals surface area contributed by atoms with Crippen LogP contribution in [0.15, 0.2) is 53.5 Å². The van der Waals surface area contributed by atoms with Crippen LogP contribution in [0.2, 0.25) is 0 Å². The van der Waals surface area contributed by atoms with Gasteiger partial charge in [-0.05, 0) is 41.2 Å². The molecule has 8 heteroatoms. The minimum atomic E-state index is -0.695. The number of benzene rings is 2. The number of aromatic hydroxyl groups is 1. The van der Waals surface area contributed by atoms with E-state index in [4.69, 9.17) is 0 Å². The number of rotatable bonds is 1. The van der Waals surface area contributed by atoms with E-state index in [0.717, 1.165) is 23.3 Å². The molecular weight excluding hydrogens is 392 g/mol. The van der Waals surface area contributed by atoms with E-state index >= 15 is 0 Å². The Hall–Kier alpha value is -3.68. The van der Waals surface area contributed by atoms with Crippen LogP contribution in [0.25, 0.3) is 0 Å². The number of fused-ring (bicyclic) bond motifs is 3. The van der Waals surface area contributed by atoms with Crippen LogP contribution in [0, 0.1) is 11.6 Å². The van der Waals surface area contributed by atoms with Gasteiger partial charge in [0.1, 0.15) is 18.3 Å². The van der Waals surface area contributed by atoms with Gasteiger partial charge < -0.3 is 10.4 Å². The van der Waals surface area contributed by atoms with Crippen LogP contribution in [0.1, 0.15) is 38.8 Å². The molecule has 1 atom stereocenters. The van der Waals surface area contributed by atoms with E-state index in [2.05, 4.69) is 5.32 Å².